The maximum Gasteiger partial charge on any atom is 0.303 e. The zero-order valence-electron chi connectivity index (χ0n) is 11.5. The first-order chi connectivity index (χ1) is 9.29. The summed E-state index contributed by atoms with van der Waals surface area (Å²) in [7, 11) is 0. The molecule has 1 saturated heterocycles. The number of ether oxygens (including phenoxy) is 4. The monoisotopic (exact) mass is 306 g/mol. The summed E-state index contributed by atoms with van der Waals surface area (Å²) < 4.78 is 20.5. The van der Waals surface area contributed by atoms with Gasteiger partial charge in [0.1, 0.15) is 30.4 Å². The minimum absolute atomic E-state index is 0.0584. The molecule has 0 aromatic heterocycles. The molecule has 0 spiro atoms. The van der Waals surface area contributed by atoms with Crippen molar-refractivity contribution < 1.29 is 33.3 Å². The number of rotatable bonds is 4. The molecule has 0 aromatic carbocycles. The van der Waals surface area contributed by atoms with Crippen LogP contribution in [0.5, 0.6) is 0 Å². The Bertz CT molecular complexity index is 384. The summed E-state index contributed by atoms with van der Waals surface area (Å²) in [6.07, 6.45) is -1.70. The standard InChI is InChI=1S/C12H18O7S/c1-6(13)16-5-11-9(17-7(2)14)4-10(12(20)19-11)18-8(3)15/h9-12,20H,4-5H2,1-3H3. The fourth-order valence-corrected chi connectivity index (χ4v) is 2.19. The fraction of sp³-hybridized carbons (Fsp3) is 0.750. The molecule has 114 valence electrons. The van der Waals surface area contributed by atoms with Gasteiger partial charge in [0.25, 0.3) is 0 Å². The molecule has 1 aliphatic heterocycles. The van der Waals surface area contributed by atoms with Crippen molar-refractivity contribution >= 4 is 30.5 Å². The van der Waals surface area contributed by atoms with Crippen LogP contribution in [0.25, 0.3) is 0 Å². The zero-order valence-corrected chi connectivity index (χ0v) is 12.4. The molecule has 0 aromatic rings. The van der Waals surface area contributed by atoms with Crippen molar-refractivity contribution in [2.24, 2.45) is 0 Å². The normalized spacial score (nSPS) is 29.4. The highest BCUT2D eigenvalue weighted by atomic mass is 32.1. The predicted octanol–water partition coefficient (Wildman–Crippen LogP) is 0.458. The summed E-state index contributed by atoms with van der Waals surface area (Å²) >= 11 is 4.19. The van der Waals surface area contributed by atoms with Crippen molar-refractivity contribution in [2.75, 3.05) is 6.61 Å². The van der Waals surface area contributed by atoms with E-state index in [0.29, 0.717) is 0 Å². The SMILES string of the molecule is CC(=O)OCC1OC(S)C(OC(C)=O)CC1OC(C)=O. The lowest BCUT2D eigenvalue weighted by atomic mass is 10.0. The van der Waals surface area contributed by atoms with Crippen LogP contribution in [0, 0.1) is 0 Å². The third-order valence-corrected chi connectivity index (χ3v) is 3.05. The lowest BCUT2D eigenvalue weighted by molar-refractivity contribution is -0.195. The number of carbonyl (C=O) groups is 3. The Morgan fingerprint density at radius 3 is 2.10 bits per heavy atom. The molecule has 0 radical (unpaired) electrons. The van der Waals surface area contributed by atoms with E-state index in [1.165, 1.54) is 20.8 Å². The maximum absolute atomic E-state index is 11.1. The first kappa shape index (κ1) is 16.8. The Balaban J connectivity index is 2.70. The maximum atomic E-state index is 11.1. The van der Waals surface area contributed by atoms with Gasteiger partial charge in [0.2, 0.25) is 0 Å². The molecule has 1 fully saturated rings. The Kier molecular flexibility index (Phi) is 6.28. The summed E-state index contributed by atoms with van der Waals surface area (Å²) in [5.74, 6) is -1.43. The van der Waals surface area contributed by atoms with E-state index < -0.39 is 41.7 Å². The van der Waals surface area contributed by atoms with Gasteiger partial charge in [-0.25, -0.2) is 0 Å². The van der Waals surface area contributed by atoms with E-state index in [4.69, 9.17) is 18.9 Å². The first-order valence-corrected chi connectivity index (χ1v) is 6.62. The number of esters is 3. The number of carbonyl (C=O) groups excluding carboxylic acids is 3. The second-order valence-corrected chi connectivity index (χ2v) is 4.91. The third kappa shape index (κ3) is 5.38. The van der Waals surface area contributed by atoms with Gasteiger partial charge in [0, 0.05) is 27.2 Å². The van der Waals surface area contributed by atoms with Crippen molar-refractivity contribution in [2.45, 2.75) is 50.9 Å². The van der Waals surface area contributed by atoms with Crippen molar-refractivity contribution in [1.29, 1.82) is 0 Å². The number of hydrogen-bond donors (Lipinski definition) is 1. The van der Waals surface area contributed by atoms with Crippen LogP contribution in [0.2, 0.25) is 0 Å². The van der Waals surface area contributed by atoms with Gasteiger partial charge in [0.05, 0.1) is 0 Å². The second kappa shape index (κ2) is 7.49. The summed E-state index contributed by atoms with van der Waals surface area (Å²) in [6.45, 7) is 3.74. The van der Waals surface area contributed by atoms with Gasteiger partial charge < -0.3 is 18.9 Å². The molecular weight excluding hydrogens is 288 g/mol. The minimum atomic E-state index is -0.675. The second-order valence-electron chi connectivity index (χ2n) is 4.40. The van der Waals surface area contributed by atoms with Gasteiger partial charge in [0.15, 0.2) is 0 Å². The zero-order chi connectivity index (χ0) is 15.3. The predicted molar refractivity (Wildman–Crippen MR) is 70.0 cm³/mol. The highest BCUT2D eigenvalue weighted by molar-refractivity contribution is 7.80. The molecule has 1 aliphatic rings. The smallest absolute Gasteiger partial charge is 0.303 e. The van der Waals surface area contributed by atoms with E-state index in [1.807, 2.05) is 0 Å². The van der Waals surface area contributed by atoms with Crippen molar-refractivity contribution in [1.82, 2.24) is 0 Å². The molecule has 7 nitrogen and oxygen atoms in total. The first-order valence-electron chi connectivity index (χ1n) is 6.11. The average molecular weight is 306 g/mol. The van der Waals surface area contributed by atoms with Crippen molar-refractivity contribution in [3.05, 3.63) is 0 Å². The number of thiol groups is 1. The van der Waals surface area contributed by atoms with Crippen LogP contribution in [-0.2, 0) is 33.3 Å². The Labute approximate surface area is 122 Å². The minimum Gasteiger partial charge on any atom is -0.463 e. The summed E-state index contributed by atoms with van der Waals surface area (Å²) in [6, 6.07) is 0. The van der Waals surface area contributed by atoms with Gasteiger partial charge in [-0.2, -0.15) is 0 Å². The molecule has 4 unspecified atom stereocenters. The molecule has 0 amide bonds. The molecule has 1 heterocycles. The van der Waals surface area contributed by atoms with Crippen LogP contribution < -0.4 is 0 Å². The quantitative estimate of drug-likeness (QED) is 0.458. The van der Waals surface area contributed by atoms with Crippen LogP contribution in [0.3, 0.4) is 0 Å². The molecule has 0 N–H and O–H groups in total. The van der Waals surface area contributed by atoms with E-state index in [0.717, 1.165) is 0 Å². The summed E-state index contributed by atoms with van der Waals surface area (Å²) in [4.78, 5) is 32.9. The summed E-state index contributed by atoms with van der Waals surface area (Å²) in [5.41, 5.74) is -0.675. The number of hydrogen-bond acceptors (Lipinski definition) is 8. The molecule has 20 heavy (non-hydrogen) atoms. The van der Waals surface area contributed by atoms with Gasteiger partial charge >= 0.3 is 17.9 Å². The largest absolute Gasteiger partial charge is 0.463 e. The van der Waals surface area contributed by atoms with Gasteiger partial charge in [-0.15, -0.1) is 12.6 Å². The Morgan fingerprint density at radius 1 is 1.05 bits per heavy atom. The van der Waals surface area contributed by atoms with Crippen molar-refractivity contribution in [3.63, 3.8) is 0 Å². The van der Waals surface area contributed by atoms with E-state index in [-0.39, 0.29) is 13.0 Å². The molecule has 8 heteroatoms. The third-order valence-electron chi connectivity index (χ3n) is 2.60. The average Bonchev–Trinajstić information content (AvgIpc) is 2.29. The van der Waals surface area contributed by atoms with E-state index in [2.05, 4.69) is 12.6 Å². The molecule has 0 aliphatic carbocycles. The van der Waals surface area contributed by atoms with E-state index >= 15 is 0 Å². The molecule has 0 bridgehead atoms. The van der Waals surface area contributed by atoms with E-state index in [9.17, 15) is 14.4 Å². The van der Waals surface area contributed by atoms with Crippen LogP contribution in [0.4, 0.5) is 0 Å². The Morgan fingerprint density at radius 2 is 1.60 bits per heavy atom. The molecular formula is C12H18O7S. The lowest BCUT2D eigenvalue weighted by Crippen LogP contribution is -2.50. The molecule has 0 saturated carbocycles. The van der Waals surface area contributed by atoms with Crippen LogP contribution in [0.15, 0.2) is 0 Å². The Hall–Kier alpha value is -1.28. The van der Waals surface area contributed by atoms with Crippen LogP contribution in [-0.4, -0.2) is 48.3 Å². The highest BCUT2D eigenvalue weighted by Gasteiger charge is 2.40. The summed E-state index contributed by atoms with van der Waals surface area (Å²) in [5, 5.41) is 0. The van der Waals surface area contributed by atoms with Crippen molar-refractivity contribution in [3.8, 4) is 0 Å². The topological polar surface area (TPSA) is 88.1 Å². The van der Waals surface area contributed by atoms with Gasteiger partial charge in [-0.3, -0.25) is 14.4 Å². The van der Waals surface area contributed by atoms with Gasteiger partial charge in [-0.1, -0.05) is 0 Å². The fourth-order valence-electron chi connectivity index (χ4n) is 1.85. The van der Waals surface area contributed by atoms with Crippen LogP contribution in [0.1, 0.15) is 27.2 Å². The molecule has 4 atom stereocenters. The molecule has 1 rings (SSSR count). The lowest BCUT2D eigenvalue weighted by Gasteiger charge is -2.38. The van der Waals surface area contributed by atoms with E-state index in [1.54, 1.807) is 0 Å². The van der Waals surface area contributed by atoms with Gasteiger partial charge in [-0.05, 0) is 0 Å². The van der Waals surface area contributed by atoms with Crippen LogP contribution >= 0.6 is 12.6 Å². The highest BCUT2D eigenvalue weighted by Crippen LogP contribution is 2.27.